The number of nitrogens with two attached hydrogens (primary N) is 1. The van der Waals surface area contributed by atoms with Crippen molar-refractivity contribution in [3.63, 3.8) is 0 Å². The summed E-state index contributed by atoms with van der Waals surface area (Å²) in [4.78, 5) is 10.9. The van der Waals surface area contributed by atoms with Crippen LogP contribution in [0.5, 0.6) is 0 Å². The van der Waals surface area contributed by atoms with Gasteiger partial charge in [-0.2, -0.15) is 5.10 Å². The van der Waals surface area contributed by atoms with E-state index in [1.165, 1.54) is 11.8 Å². The largest absolute Gasteiger partial charge is 0.480 e. The Morgan fingerprint density at radius 1 is 1.67 bits per heavy atom. The summed E-state index contributed by atoms with van der Waals surface area (Å²) >= 11 is 1.54. The van der Waals surface area contributed by atoms with E-state index >= 15 is 0 Å². The average molecular weight is 271 g/mol. The van der Waals surface area contributed by atoms with E-state index in [4.69, 9.17) is 10.8 Å². The van der Waals surface area contributed by atoms with E-state index in [0.29, 0.717) is 5.75 Å². The Labute approximate surface area is 112 Å². The number of thioether (sulfide) groups is 1. The Kier molecular flexibility index (Phi) is 4.81. The molecular formula is C12H21N3O2S. The highest BCUT2D eigenvalue weighted by Crippen LogP contribution is 2.30. The van der Waals surface area contributed by atoms with Crippen molar-refractivity contribution in [2.24, 2.45) is 12.8 Å². The van der Waals surface area contributed by atoms with Crippen LogP contribution < -0.4 is 5.73 Å². The van der Waals surface area contributed by atoms with Gasteiger partial charge in [-0.3, -0.25) is 9.48 Å². The van der Waals surface area contributed by atoms with Crippen LogP contribution in [0.3, 0.4) is 0 Å². The second-order valence-electron chi connectivity index (χ2n) is 4.81. The van der Waals surface area contributed by atoms with Crippen LogP contribution in [0.2, 0.25) is 0 Å². The van der Waals surface area contributed by atoms with Gasteiger partial charge in [0.15, 0.2) is 0 Å². The fraction of sp³-hybridized carbons (Fsp3) is 0.667. The molecule has 0 saturated carbocycles. The van der Waals surface area contributed by atoms with Crippen LogP contribution >= 0.6 is 11.8 Å². The summed E-state index contributed by atoms with van der Waals surface area (Å²) in [5.74, 6) is -0.260. The van der Waals surface area contributed by atoms with Crippen LogP contribution in [0.1, 0.15) is 32.2 Å². The molecular weight excluding hydrogens is 250 g/mol. The number of carbonyl (C=O) groups is 1. The zero-order chi connectivity index (χ0) is 13.9. The van der Waals surface area contributed by atoms with Crippen LogP contribution in [-0.2, 0) is 24.0 Å². The lowest BCUT2D eigenvalue weighted by atomic mass is 10.1. The molecule has 18 heavy (non-hydrogen) atoms. The number of hydrogen-bond acceptors (Lipinski definition) is 4. The first kappa shape index (κ1) is 15.0. The number of aliphatic carboxylic acids is 1. The number of rotatable bonds is 6. The highest BCUT2D eigenvalue weighted by Gasteiger charge is 2.32. The molecule has 1 rings (SSSR count). The molecule has 0 aliphatic carbocycles. The monoisotopic (exact) mass is 271 g/mol. The van der Waals surface area contributed by atoms with Gasteiger partial charge in [0, 0.05) is 23.2 Å². The van der Waals surface area contributed by atoms with Crippen molar-refractivity contribution in [2.75, 3.05) is 0 Å². The second-order valence-corrected chi connectivity index (χ2v) is 6.44. The first-order valence-electron chi connectivity index (χ1n) is 5.92. The lowest BCUT2D eigenvalue weighted by molar-refractivity contribution is -0.139. The smallest absolute Gasteiger partial charge is 0.321 e. The third-order valence-corrected chi connectivity index (χ3v) is 4.43. The Bertz CT molecular complexity index is 429. The van der Waals surface area contributed by atoms with E-state index in [2.05, 4.69) is 18.1 Å². The molecule has 1 heterocycles. The molecule has 0 fully saturated rings. The van der Waals surface area contributed by atoms with Gasteiger partial charge in [-0.15, -0.1) is 11.8 Å². The van der Waals surface area contributed by atoms with Crippen LogP contribution in [0, 0.1) is 0 Å². The lowest BCUT2D eigenvalue weighted by Gasteiger charge is -2.27. The quantitative estimate of drug-likeness (QED) is 0.817. The highest BCUT2D eigenvalue weighted by molar-refractivity contribution is 7.99. The summed E-state index contributed by atoms with van der Waals surface area (Å²) in [7, 11) is 1.90. The molecule has 3 N–H and O–H groups in total. The molecule has 6 heteroatoms. The summed E-state index contributed by atoms with van der Waals surface area (Å²) in [5, 5.41) is 13.3. The lowest BCUT2D eigenvalue weighted by Crippen LogP contribution is -2.46. The topological polar surface area (TPSA) is 81.1 Å². The molecule has 0 aromatic carbocycles. The first-order chi connectivity index (χ1) is 8.27. The molecule has 1 aromatic rings. The standard InChI is InChI=1S/C12H21N3O2S/c1-5-8-6-9(15(4)14-8)7-18-12(2,3)10(13)11(16)17/h6,10H,5,7,13H2,1-4H3,(H,16,17)/t10-/m1/s1. The normalized spacial score (nSPS) is 13.6. The second kappa shape index (κ2) is 5.75. The maximum absolute atomic E-state index is 10.9. The van der Waals surface area contributed by atoms with E-state index in [1.807, 2.05) is 25.6 Å². The number of carboxylic acids is 1. The Morgan fingerprint density at radius 3 is 2.72 bits per heavy atom. The molecule has 0 unspecified atom stereocenters. The number of aromatic nitrogens is 2. The third kappa shape index (κ3) is 3.49. The Balaban J connectivity index is 2.69. The van der Waals surface area contributed by atoms with Gasteiger partial charge in [0.25, 0.3) is 0 Å². The molecule has 0 amide bonds. The average Bonchev–Trinajstić information content (AvgIpc) is 2.66. The van der Waals surface area contributed by atoms with Gasteiger partial charge >= 0.3 is 5.97 Å². The number of hydrogen-bond donors (Lipinski definition) is 2. The van der Waals surface area contributed by atoms with Gasteiger partial charge < -0.3 is 10.8 Å². The SMILES string of the molecule is CCc1cc(CSC(C)(C)[C@H](N)C(=O)O)n(C)n1. The van der Waals surface area contributed by atoms with Crippen LogP contribution in [0.25, 0.3) is 0 Å². The fourth-order valence-electron chi connectivity index (χ4n) is 1.53. The fourth-order valence-corrected chi connectivity index (χ4v) is 2.60. The van der Waals surface area contributed by atoms with E-state index < -0.39 is 16.8 Å². The number of carboxylic acid groups (broad SMARTS) is 1. The van der Waals surface area contributed by atoms with Gasteiger partial charge in [0.1, 0.15) is 6.04 Å². The van der Waals surface area contributed by atoms with Crippen LogP contribution in [0.15, 0.2) is 6.07 Å². The van der Waals surface area contributed by atoms with Crippen molar-refractivity contribution in [3.8, 4) is 0 Å². The van der Waals surface area contributed by atoms with E-state index in [0.717, 1.165) is 17.8 Å². The summed E-state index contributed by atoms with van der Waals surface area (Å²) in [5.41, 5.74) is 7.82. The van der Waals surface area contributed by atoms with Crippen molar-refractivity contribution in [1.82, 2.24) is 9.78 Å². The van der Waals surface area contributed by atoms with Gasteiger partial charge in [0.05, 0.1) is 5.69 Å². The Hall–Kier alpha value is -1.01. The summed E-state index contributed by atoms with van der Waals surface area (Å²) in [6.07, 6.45) is 0.899. The molecule has 1 atom stereocenters. The minimum atomic E-state index is -0.966. The summed E-state index contributed by atoms with van der Waals surface area (Å²) < 4.78 is 1.33. The van der Waals surface area contributed by atoms with Crippen molar-refractivity contribution in [1.29, 1.82) is 0 Å². The van der Waals surface area contributed by atoms with Crippen molar-refractivity contribution in [3.05, 3.63) is 17.5 Å². The summed E-state index contributed by atoms with van der Waals surface area (Å²) in [6.45, 7) is 5.77. The van der Waals surface area contributed by atoms with Crippen LogP contribution in [-0.4, -0.2) is 31.6 Å². The molecule has 102 valence electrons. The molecule has 0 saturated heterocycles. The Morgan fingerprint density at radius 2 is 2.28 bits per heavy atom. The predicted octanol–water partition coefficient (Wildman–Crippen LogP) is 1.41. The number of aryl methyl sites for hydroxylation is 2. The third-order valence-electron chi connectivity index (χ3n) is 3.00. The van der Waals surface area contributed by atoms with Crippen molar-refractivity contribution in [2.45, 2.75) is 43.7 Å². The predicted molar refractivity (Wildman–Crippen MR) is 73.6 cm³/mol. The number of nitrogens with zero attached hydrogens (tertiary/aromatic N) is 2. The maximum Gasteiger partial charge on any atom is 0.321 e. The van der Waals surface area contributed by atoms with Gasteiger partial charge in [-0.05, 0) is 26.3 Å². The van der Waals surface area contributed by atoms with Crippen LogP contribution in [0.4, 0.5) is 0 Å². The van der Waals surface area contributed by atoms with Gasteiger partial charge in [0.2, 0.25) is 0 Å². The molecule has 0 bridgehead atoms. The maximum atomic E-state index is 10.9. The molecule has 0 spiro atoms. The van der Waals surface area contributed by atoms with Crippen molar-refractivity contribution >= 4 is 17.7 Å². The molecule has 0 aliphatic heterocycles. The minimum Gasteiger partial charge on any atom is -0.480 e. The van der Waals surface area contributed by atoms with Crippen molar-refractivity contribution < 1.29 is 9.90 Å². The first-order valence-corrected chi connectivity index (χ1v) is 6.90. The van der Waals surface area contributed by atoms with E-state index in [1.54, 1.807) is 0 Å². The molecule has 0 aliphatic rings. The molecule has 5 nitrogen and oxygen atoms in total. The highest BCUT2D eigenvalue weighted by atomic mass is 32.2. The van der Waals surface area contributed by atoms with E-state index in [9.17, 15) is 4.79 Å². The van der Waals surface area contributed by atoms with Gasteiger partial charge in [-0.25, -0.2) is 0 Å². The molecule has 0 radical (unpaired) electrons. The zero-order valence-electron chi connectivity index (χ0n) is 11.3. The van der Waals surface area contributed by atoms with E-state index in [-0.39, 0.29) is 0 Å². The molecule has 1 aromatic heterocycles. The minimum absolute atomic E-state index is 0.511. The van der Waals surface area contributed by atoms with Gasteiger partial charge in [-0.1, -0.05) is 6.92 Å². The summed E-state index contributed by atoms with van der Waals surface area (Å²) in [6, 6.07) is 1.18. The zero-order valence-corrected chi connectivity index (χ0v) is 12.1.